The molecule has 3 aromatic heterocycles. The molecule has 0 spiro atoms. The van der Waals surface area contributed by atoms with Crippen LogP contribution >= 0.6 is 0 Å². The number of nitrogens with zero attached hydrogens (tertiary/aromatic N) is 5. The minimum Gasteiger partial charge on any atom is -0.368 e. The second-order valence-corrected chi connectivity index (χ2v) is 5.64. The van der Waals surface area contributed by atoms with Crippen molar-refractivity contribution in [2.24, 2.45) is 0 Å². The fourth-order valence-corrected chi connectivity index (χ4v) is 2.70. The molecule has 0 fully saturated rings. The first-order valence-corrected chi connectivity index (χ1v) is 7.94. The van der Waals surface area contributed by atoms with E-state index in [0.717, 1.165) is 41.5 Å². The standard InChI is InChI=1S/C18H18N6/c1-14-12-18-21-16(15-6-3-2-4-7-15)13-17(24(18)22-14)19-9-11-23-10-5-8-20-23/h2-8,10,12-13,19H,9,11H2,1H3. The molecule has 120 valence electrons. The first-order valence-electron chi connectivity index (χ1n) is 7.94. The quantitative estimate of drug-likeness (QED) is 0.614. The van der Waals surface area contributed by atoms with Crippen molar-refractivity contribution < 1.29 is 0 Å². The van der Waals surface area contributed by atoms with Gasteiger partial charge < -0.3 is 5.32 Å². The van der Waals surface area contributed by atoms with Crippen LogP contribution in [0.1, 0.15) is 5.69 Å². The Hall–Kier alpha value is -3.15. The number of aryl methyl sites for hydroxylation is 1. The lowest BCUT2D eigenvalue weighted by Gasteiger charge is -2.11. The normalized spacial score (nSPS) is 11.0. The van der Waals surface area contributed by atoms with E-state index in [4.69, 9.17) is 4.98 Å². The fourth-order valence-electron chi connectivity index (χ4n) is 2.70. The molecule has 0 aliphatic carbocycles. The largest absolute Gasteiger partial charge is 0.368 e. The minimum atomic E-state index is 0.758. The van der Waals surface area contributed by atoms with Gasteiger partial charge in [-0.3, -0.25) is 4.68 Å². The zero-order valence-corrected chi connectivity index (χ0v) is 13.4. The van der Waals surface area contributed by atoms with Gasteiger partial charge in [-0.05, 0) is 13.0 Å². The average Bonchev–Trinajstić information content (AvgIpc) is 3.24. The van der Waals surface area contributed by atoms with Crippen molar-refractivity contribution in [3.63, 3.8) is 0 Å². The van der Waals surface area contributed by atoms with Gasteiger partial charge in [-0.15, -0.1) is 0 Å². The number of hydrogen-bond donors (Lipinski definition) is 1. The first-order chi connectivity index (χ1) is 11.8. The van der Waals surface area contributed by atoms with E-state index < -0.39 is 0 Å². The summed E-state index contributed by atoms with van der Waals surface area (Å²) in [5.41, 5.74) is 3.82. The van der Waals surface area contributed by atoms with Gasteiger partial charge in [0.2, 0.25) is 0 Å². The molecule has 1 N–H and O–H groups in total. The Balaban J connectivity index is 1.67. The average molecular weight is 318 g/mol. The van der Waals surface area contributed by atoms with E-state index in [1.165, 1.54) is 0 Å². The van der Waals surface area contributed by atoms with E-state index in [2.05, 4.69) is 27.6 Å². The summed E-state index contributed by atoms with van der Waals surface area (Å²) in [6.45, 7) is 3.52. The van der Waals surface area contributed by atoms with E-state index in [9.17, 15) is 0 Å². The third-order valence-corrected chi connectivity index (χ3v) is 3.83. The third-order valence-electron chi connectivity index (χ3n) is 3.83. The van der Waals surface area contributed by atoms with Crippen molar-refractivity contribution in [2.75, 3.05) is 11.9 Å². The van der Waals surface area contributed by atoms with Gasteiger partial charge in [0.05, 0.1) is 17.9 Å². The second-order valence-electron chi connectivity index (χ2n) is 5.64. The van der Waals surface area contributed by atoms with Crippen LogP contribution in [0.3, 0.4) is 0 Å². The maximum absolute atomic E-state index is 4.73. The summed E-state index contributed by atoms with van der Waals surface area (Å²) < 4.78 is 3.75. The molecule has 0 unspecified atom stereocenters. The summed E-state index contributed by atoms with van der Waals surface area (Å²) in [6.07, 6.45) is 3.74. The highest BCUT2D eigenvalue weighted by Crippen LogP contribution is 2.22. The maximum Gasteiger partial charge on any atom is 0.158 e. The molecule has 24 heavy (non-hydrogen) atoms. The molecule has 6 heteroatoms. The molecule has 0 amide bonds. The molecule has 4 aromatic rings. The van der Waals surface area contributed by atoms with Gasteiger partial charge in [-0.2, -0.15) is 14.7 Å². The van der Waals surface area contributed by atoms with Crippen LogP contribution in [0.25, 0.3) is 16.9 Å². The minimum absolute atomic E-state index is 0.758. The predicted molar refractivity (Wildman–Crippen MR) is 93.9 cm³/mol. The van der Waals surface area contributed by atoms with Crippen LogP contribution in [0, 0.1) is 6.92 Å². The Morgan fingerprint density at radius 2 is 1.96 bits per heavy atom. The van der Waals surface area contributed by atoms with Gasteiger partial charge in [0.1, 0.15) is 5.82 Å². The first kappa shape index (κ1) is 14.4. The third kappa shape index (κ3) is 2.86. The molecule has 1 aromatic carbocycles. The van der Waals surface area contributed by atoms with Crippen molar-refractivity contribution in [3.05, 3.63) is 66.6 Å². The van der Waals surface area contributed by atoms with Crippen LogP contribution in [-0.2, 0) is 6.54 Å². The van der Waals surface area contributed by atoms with Crippen LogP contribution in [0.4, 0.5) is 5.82 Å². The molecule has 0 aliphatic heterocycles. The van der Waals surface area contributed by atoms with Gasteiger partial charge in [0.15, 0.2) is 5.65 Å². The van der Waals surface area contributed by atoms with E-state index in [0.29, 0.717) is 0 Å². The van der Waals surface area contributed by atoms with Gasteiger partial charge in [-0.25, -0.2) is 4.98 Å². The van der Waals surface area contributed by atoms with Crippen molar-refractivity contribution in [1.29, 1.82) is 0 Å². The SMILES string of the molecule is Cc1cc2nc(-c3ccccc3)cc(NCCn3cccn3)n2n1. The number of fused-ring (bicyclic) bond motifs is 1. The number of rotatable bonds is 5. The summed E-state index contributed by atoms with van der Waals surface area (Å²) in [7, 11) is 0. The van der Waals surface area contributed by atoms with Crippen LogP contribution in [0.15, 0.2) is 60.9 Å². The molecule has 0 saturated carbocycles. The second kappa shape index (κ2) is 6.16. The Labute approximate surface area is 139 Å². The van der Waals surface area contributed by atoms with Crippen LogP contribution in [0.5, 0.6) is 0 Å². The molecular formula is C18H18N6. The molecule has 3 heterocycles. The van der Waals surface area contributed by atoms with Crippen molar-refractivity contribution in [2.45, 2.75) is 13.5 Å². The zero-order valence-electron chi connectivity index (χ0n) is 13.4. The van der Waals surface area contributed by atoms with Crippen molar-refractivity contribution in [3.8, 4) is 11.3 Å². The van der Waals surface area contributed by atoms with Gasteiger partial charge >= 0.3 is 0 Å². The molecular weight excluding hydrogens is 300 g/mol. The summed E-state index contributed by atoms with van der Waals surface area (Å²) in [5.74, 6) is 0.930. The number of hydrogen-bond acceptors (Lipinski definition) is 4. The smallest absolute Gasteiger partial charge is 0.158 e. The zero-order chi connectivity index (χ0) is 16.4. The van der Waals surface area contributed by atoms with Crippen molar-refractivity contribution >= 4 is 11.5 Å². The molecule has 0 aliphatic rings. The highest BCUT2D eigenvalue weighted by Gasteiger charge is 2.09. The lowest BCUT2D eigenvalue weighted by atomic mass is 10.1. The highest BCUT2D eigenvalue weighted by molar-refractivity contribution is 5.66. The lowest BCUT2D eigenvalue weighted by molar-refractivity contribution is 0.636. The molecule has 0 atom stereocenters. The van der Waals surface area contributed by atoms with Crippen molar-refractivity contribution in [1.82, 2.24) is 24.4 Å². The van der Waals surface area contributed by atoms with E-state index in [1.807, 2.05) is 58.7 Å². The monoisotopic (exact) mass is 318 g/mol. The number of nitrogens with one attached hydrogen (secondary N) is 1. The summed E-state index contributed by atoms with van der Waals surface area (Å²) in [5, 5.41) is 12.2. The van der Waals surface area contributed by atoms with Crippen LogP contribution < -0.4 is 5.32 Å². The molecule has 6 nitrogen and oxygen atoms in total. The van der Waals surface area contributed by atoms with Gasteiger partial charge in [0.25, 0.3) is 0 Å². The number of aromatic nitrogens is 5. The summed E-state index contributed by atoms with van der Waals surface area (Å²) >= 11 is 0. The fraction of sp³-hybridized carbons (Fsp3) is 0.167. The predicted octanol–water partition coefficient (Wildman–Crippen LogP) is 3.01. The Kier molecular flexibility index (Phi) is 3.70. The van der Waals surface area contributed by atoms with Crippen LogP contribution in [-0.4, -0.2) is 30.9 Å². The summed E-state index contributed by atoms with van der Waals surface area (Å²) in [6, 6.07) is 16.1. The Morgan fingerprint density at radius 3 is 2.75 bits per heavy atom. The van der Waals surface area contributed by atoms with E-state index in [-0.39, 0.29) is 0 Å². The summed E-state index contributed by atoms with van der Waals surface area (Å²) in [4.78, 5) is 4.73. The van der Waals surface area contributed by atoms with E-state index >= 15 is 0 Å². The molecule has 0 saturated heterocycles. The van der Waals surface area contributed by atoms with Crippen LogP contribution in [0.2, 0.25) is 0 Å². The topological polar surface area (TPSA) is 60.0 Å². The van der Waals surface area contributed by atoms with E-state index in [1.54, 1.807) is 6.20 Å². The Bertz CT molecular complexity index is 940. The lowest BCUT2D eigenvalue weighted by Crippen LogP contribution is -2.13. The highest BCUT2D eigenvalue weighted by atomic mass is 15.3. The number of benzene rings is 1. The molecule has 0 bridgehead atoms. The maximum atomic E-state index is 4.73. The van der Waals surface area contributed by atoms with Gasteiger partial charge in [0, 0.05) is 36.6 Å². The molecule has 4 rings (SSSR count). The van der Waals surface area contributed by atoms with Gasteiger partial charge in [-0.1, -0.05) is 30.3 Å². The Morgan fingerprint density at radius 1 is 1.08 bits per heavy atom. The number of anilines is 1. The molecule has 0 radical (unpaired) electrons.